The number of nitrogen functional groups attached to an aromatic ring is 1. The molecule has 3 N–H and O–H groups in total. The SMILES string of the molecule is NNC(=O)c1cc(F)c(CN(C(=O)N2CCOCC2)c2ccccc2)c(F)c1. The highest BCUT2D eigenvalue weighted by molar-refractivity contribution is 5.94. The maximum atomic E-state index is 14.6. The zero-order valence-electron chi connectivity index (χ0n) is 15.0. The number of rotatable bonds is 4. The predicted molar refractivity (Wildman–Crippen MR) is 98.4 cm³/mol. The van der Waals surface area contributed by atoms with Crippen LogP contribution in [0.3, 0.4) is 0 Å². The normalized spacial score (nSPS) is 13.9. The van der Waals surface area contributed by atoms with Crippen molar-refractivity contribution in [2.75, 3.05) is 31.2 Å². The molecule has 0 aliphatic carbocycles. The van der Waals surface area contributed by atoms with Crippen molar-refractivity contribution in [3.8, 4) is 0 Å². The molecule has 1 aliphatic heterocycles. The highest BCUT2D eigenvalue weighted by Crippen LogP contribution is 2.23. The molecule has 1 heterocycles. The maximum Gasteiger partial charge on any atom is 0.324 e. The summed E-state index contributed by atoms with van der Waals surface area (Å²) in [5.74, 6) is 2.33. The lowest BCUT2D eigenvalue weighted by atomic mass is 10.1. The second-order valence-corrected chi connectivity index (χ2v) is 6.20. The number of ether oxygens (including phenoxy) is 1. The van der Waals surface area contributed by atoms with Gasteiger partial charge >= 0.3 is 6.03 Å². The Balaban J connectivity index is 1.94. The fourth-order valence-electron chi connectivity index (χ4n) is 2.93. The van der Waals surface area contributed by atoms with Crippen molar-refractivity contribution in [1.29, 1.82) is 0 Å². The lowest BCUT2D eigenvalue weighted by Crippen LogP contribution is -2.48. The highest BCUT2D eigenvalue weighted by atomic mass is 19.1. The van der Waals surface area contributed by atoms with Crippen molar-refractivity contribution in [2.45, 2.75) is 6.54 Å². The first-order valence-corrected chi connectivity index (χ1v) is 8.69. The molecule has 7 nitrogen and oxygen atoms in total. The number of benzene rings is 2. The fraction of sp³-hybridized carbons (Fsp3) is 0.263. The van der Waals surface area contributed by atoms with E-state index < -0.39 is 17.5 Å². The van der Waals surface area contributed by atoms with Crippen molar-refractivity contribution in [2.24, 2.45) is 5.84 Å². The molecule has 3 amide bonds. The quantitative estimate of drug-likeness (QED) is 0.475. The summed E-state index contributed by atoms with van der Waals surface area (Å²) in [6.45, 7) is 1.26. The molecule has 148 valence electrons. The molecule has 2 aromatic carbocycles. The van der Waals surface area contributed by atoms with Gasteiger partial charge in [-0.3, -0.25) is 15.1 Å². The molecule has 28 heavy (non-hydrogen) atoms. The fourth-order valence-corrected chi connectivity index (χ4v) is 2.93. The summed E-state index contributed by atoms with van der Waals surface area (Å²) >= 11 is 0. The van der Waals surface area contributed by atoms with E-state index in [0.717, 1.165) is 12.1 Å². The lowest BCUT2D eigenvalue weighted by Gasteiger charge is -2.33. The number of hydrogen-bond acceptors (Lipinski definition) is 4. The zero-order valence-corrected chi connectivity index (χ0v) is 15.0. The van der Waals surface area contributed by atoms with Gasteiger partial charge in [-0.25, -0.2) is 19.4 Å². The predicted octanol–water partition coefficient (Wildman–Crippen LogP) is 2.03. The molecule has 0 saturated carbocycles. The number of hydrogen-bond donors (Lipinski definition) is 2. The van der Waals surface area contributed by atoms with E-state index in [9.17, 15) is 18.4 Å². The van der Waals surface area contributed by atoms with Gasteiger partial charge in [0.25, 0.3) is 5.91 Å². The molecule has 0 aromatic heterocycles. The number of anilines is 1. The van der Waals surface area contributed by atoms with Crippen LogP contribution in [0.4, 0.5) is 19.3 Å². The molecule has 2 aromatic rings. The Morgan fingerprint density at radius 3 is 2.29 bits per heavy atom. The van der Waals surface area contributed by atoms with Crippen LogP contribution in [0.2, 0.25) is 0 Å². The number of nitrogens with two attached hydrogens (primary N) is 1. The number of urea groups is 1. The Kier molecular flexibility index (Phi) is 6.17. The molecule has 1 saturated heterocycles. The van der Waals surface area contributed by atoms with Crippen molar-refractivity contribution in [3.63, 3.8) is 0 Å². The largest absolute Gasteiger partial charge is 0.378 e. The van der Waals surface area contributed by atoms with Gasteiger partial charge in [0.1, 0.15) is 11.6 Å². The van der Waals surface area contributed by atoms with Crippen LogP contribution in [0, 0.1) is 11.6 Å². The van der Waals surface area contributed by atoms with Gasteiger partial charge < -0.3 is 9.64 Å². The van der Waals surface area contributed by atoms with Gasteiger partial charge in [0.15, 0.2) is 0 Å². The molecule has 3 rings (SSSR count). The topological polar surface area (TPSA) is 87.9 Å². The first-order valence-electron chi connectivity index (χ1n) is 8.69. The third kappa shape index (κ3) is 4.26. The summed E-state index contributed by atoms with van der Waals surface area (Å²) in [7, 11) is 0. The zero-order chi connectivity index (χ0) is 20.1. The molecule has 0 atom stereocenters. The Hall–Kier alpha value is -3.04. The Bertz CT molecular complexity index is 835. The van der Waals surface area contributed by atoms with Crippen LogP contribution in [0.25, 0.3) is 0 Å². The van der Waals surface area contributed by atoms with Gasteiger partial charge in [-0.05, 0) is 24.3 Å². The summed E-state index contributed by atoms with van der Waals surface area (Å²) in [4.78, 5) is 27.4. The monoisotopic (exact) mass is 390 g/mol. The van der Waals surface area contributed by atoms with Crippen LogP contribution in [-0.4, -0.2) is 43.1 Å². The van der Waals surface area contributed by atoms with Gasteiger partial charge in [-0.2, -0.15) is 0 Å². The van der Waals surface area contributed by atoms with E-state index in [-0.39, 0.29) is 23.7 Å². The Labute approximate surface area is 160 Å². The molecule has 0 radical (unpaired) electrons. The number of morpholine rings is 1. The number of para-hydroxylation sites is 1. The molecule has 9 heteroatoms. The van der Waals surface area contributed by atoms with Gasteiger partial charge in [0.2, 0.25) is 0 Å². The number of amides is 3. The van der Waals surface area contributed by atoms with Crippen LogP contribution in [-0.2, 0) is 11.3 Å². The average Bonchev–Trinajstić information content (AvgIpc) is 2.73. The Morgan fingerprint density at radius 1 is 1.11 bits per heavy atom. The number of carbonyl (C=O) groups is 2. The lowest BCUT2D eigenvalue weighted by molar-refractivity contribution is 0.0547. The van der Waals surface area contributed by atoms with E-state index in [4.69, 9.17) is 10.6 Å². The minimum Gasteiger partial charge on any atom is -0.378 e. The molecule has 0 unspecified atom stereocenters. The third-order valence-corrected chi connectivity index (χ3v) is 4.43. The first kappa shape index (κ1) is 19.7. The van der Waals surface area contributed by atoms with Crippen molar-refractivity contribution < 1.29 is 23.1 Å². The second kappa shape index (κ2) is 8.77. The van der Waals surface area contributed by atoms with E-state index in [1.165, 1.54) is 4.90 Å². The van der Waals surface area contributed by atoms with Crippen LogP contribution < -0.4 is 16.2 Å². The van der Waals surface area contributed by atoms with Crippen LogP contribution in [0.5, 0.6) is 0 Å². The maximum absolute atomic E-state index is 14.6. The van der Waals surface area contributed by atoms with Crippen LogP contribution in [0.1, 0.15) is 15.9 Å². The van der Waals surface area contributed by atoms with Crippen LogP contribution in [0.15, 0.2) is 42.5 Å². The molecule has 0 spiro atoms. The number of nitrogens with zero attached hydrogens (tertiary/aromatic N) is 2. The number of hydrazine groups is 1. The van der Waals surface area contributed by atoms with Gasteiger partial charge in [-0.15, -0.1) is 0 Å². The number of halogens is 2. The highest BCUT2D eigenvalue weighted by Gasteiger charge is 2.26. The van der Waals surface area contributed by atoms with Gasteiger partial charge in [0, 0.05) is 29.9 Å². The molecule has 1 fully saturated rings. The van der Waals surface area contributed by atoms with Crippen molar-refractivity contribution in [1.82, 2.24) is 10.3 Å². The molecular weight excluding hydrogens is 370 g/mol. The van der Waals surface area contributed by atoms with Gasteiger partial charge in [0.05, 0.1) is 19.8 Å². The van der Waals surface area contributed by atoms with Crippen molar-refractivity contribution in [3.05, 3.63) is 65.2 Å². The average molecular weight is 390 g/mol. The summed E-state index contributed by atoms with van der Waals surface area (Å²) in [5.41, 5.74) is 1.77. The van der Waals surface area contributed by atoms with E-state index in [0.29, 0.717) is 32.0 Å². The minimum absolute atomic E-state index is 0.244. The second-order valence-electron chi connectivity index (χ2n) is 6.20. The minimum atomic E-state index is -0.936. The molecule has 0 bridgehead atoms. The van der Waals surface area contributed by atoms with Gasteiger partial charge in [-0.1, -0.05) is 18.2 Å². The summed E-state index contributed by atoms with van der Waals surface area (Å²) < 4.78 is 34.4. The smallest absolute Gasteiger partial charge is 0.324 e. The van der Waals surface area contributed by atoms with E-state index in [1.807, 2.05) is 5.43 Å². The van der Waals surface area contributed by atoms with E-state index in [2.05, 4.69) is 0 Å². The summed E-state index contributed by atoms with van der Waals surface area (Å²) in [5, 5.41) is 0. The standard InChI is InChI=1S/C19H20F2N4O3/c20-16-10-13(18(26)23-22)11-17(21)15(16)12-25(14-4-2-1-3-5-14)19(27)24-6-8-28-9-7-24/h1-5,10-11H,6-9,12,22H2,(H,23,26). The van der Waals surface area contributed by atoms with Crippen molar-refractivity contribution >= 4 is 17.6 Å². The van der Waals surface area contributed by atoms with E-state index in [1.54, 1.807) is 35.2 Å². The number of nitrogens with one attached hydrogen (secondary N) is 1. The molecular formula is C19H20F2N4O3. The first-order chi connectivity index (χ1) is 13.5. The summed E-state index contributed by atoms with van der Waals surface area (Å²) in [6, 6.07) is 10.0. The van der Waals surface area contributed by atoms with Crippen LogP contribution >= 0.6 is 0 Å². The summed E-state index contributed by atoms with van der Waals surface area (Å²) in [6.07, 6.45) is 0. The molecule has 1 aliphatic rings. The third-order valence-electron chi connectivity index (χ3n) is 4.43. The van der Waals surface area contributed by atoms with E-state index >= 15 is 0 Å². The Morgan fingerprint density at radius 2 is 1.71 bits per heavy atom. The number of carbonyl (C=O) groups excluding carboxylic acids is 2.